The van der Waals surface area contributed by atoms with Crippen LogP contribution in [0, 0.1) is 17.8 Å². The number of aliphatic carboxylic acids is 4. The number of allylic oxidation sites excluding steroid dienone is 1. The Morgan fingerprint density at radius 1 is 0.417 bits per heavy atom. The molecule has 0 saturated carbocycles. The molecule has 0 fully saturated rings. The number of phenols is 1. The maximum absolute atomic E-state index is 14.9. The lowest BCUT2D eigenvalue weighted by molar-refractivity contribution is -0.142. The highest BCUT2D eigenvalue weighted by Crippen LogP contribution is 2.18. The van der Waals surface area contributed by atoms with Crippen molar-refractivity contribution in [1.82, 2.24) is 74.4 Å². The first-order valence-corrected chi connectivity index (χ1v) is 44.9. The number of nitrogens with one attached hydrogen (secondary N) is 14. The Morgan fingerprint density at radius 2 is 0.818 bits per heavy atom. The van der Waals surface area contributed by atoms with E-state index in [2.05, 4.69) is 84.4 Å². The lowest BCUT2D eigenvalue weighted by Crippen LogP contribution is -2.62. The average Bonchev–Trinajstić information content (AvgIpc) is 0.841. The topological polar surface area (TPSA) is 772 Å². The number of rotatable bonds is 69. The summed E-state index contributed by atoms with van der Waals surface area (Å²) in [7, 11) is 0. The molecule has 46 nitrogen and oxygen atoms in total. The molecule has 1 aromatic carbocycles. The zero-order valence-electron chi connectivity index (χ0n) is 77.3. The third kappa shape index (κ3) is 48.7. The van der Waals surface area contributed by atoms with Crippen LogP contribution >= 0.6 is 0 Å². The maximum atomic E-state index is 14.9. The van der Waals surface area contributed by atoms with Crippen molar-refractivity contribution in [1.29, 1.82) is 0 Å². The average molecular weight is 1870 g/mol. The van der Waals surface area contributed by atoms with Gasteiger partial charge in [-0.1, -0.05) is 98.8 Å². The smallest absolute Gasteiger partial charge is 0.326 e. The first-order chi connectivity index (χ1) is 62.2. The van der Waals surface area contributed by atoms with Gasteiger partial charge < -0.3 is 139 Å². The predicted molar refractivity (Wildman–Crippen MR) is 485 cm³/mol. The number of carbonyl (C=O) groups is 18. The van der Waals surface area contributed by atoms with Gasteiger partial charge in [-0.3, -0.25) is 91.5 Å². The minimum atomic E-state index is -2.13. The lowest BCUT2D eigenvalue weighted by Gasteiger charge is -2.29. The van der Waals surface area contributed by atoms with Gasteiger partial charge in [-0.05, 0) is 172 Å². The van der Waals surface area contributed by atoms with Crippen LogP contribution in [0.1, 0.15) is 222 Å². The number of aromatic hydroxyl groups is 1. The largest absolute Gasteiger partial charge is 0.508 e. The third-order valence-corrected chi connectivity index (χ3v) is 21.2. The number of aliphatic hydroxyl groups is 2. The van der Waals surface area contributed by atoms with E-state index in [1.165, 1.54) is 44.3 Å². The van der Waals surface area contributed by atoms with Crippen LogP contribution in [0.4, 0.5) is 0 Å². The standard InChI is InChI=1S/C86H145N21O25/c1-11-14-15-24-54(109)25-22-41-92-40-21-18-28-56(96-75(121)57(26-16-19-38-87)100-83(129)69(48(6)12-2)105-65(111)46-94-72(118)50(8)89)74(120)97-58(27-17-20-39-88)79(125)107-71(52(10)108)84(130)101-61(35-37-67(114)115)77(123)98-59(29-23-42-93-86(90)91)76(122)99-60(34-36-66(112)113)78(124)103-63(45-68(116)117)80(126)102-62(43-47(4)5)81(127)106-70(49(7)13-3)82(128)95-51(9)73(119)104-64(85(131)132)44-53-30-32-55(110)33-31-53/h22,25,30-33,41,47-52,54,56-64,69-71,108-110H,11-21,23-24,26-29,34-40,42-46,87-89H2,1-10H3,(H,94,118)(H,95,128)(H,96,121)(H,97,120)(H,98,123)(H,99,122)(H,100,129)(H,101,130)(H,102,126)(H,103,124)(H,104,119)(H,105,111)(H,106,127)(H,107,125)(H,112,113)(H,114,115)(H,116,117)(H,131,132)(H4,90,91,93)/b25-22+,92-41?/t48-,49-,50-,51-,52+,54?,56-,57-,58-,59-,60-,61-,62-,63-,64-,69-,70-,71-/m0/s1. The van der Waals surface area contributed by atoms with Crippen molar-refractivity contribution < 1.29 is 122 Å². The molecule has 744 valence electrons. The van der Waals surface area contributed by atoms with Gasteiger partial charge in [-0.25, -0.2) is 4.79 Å². The highest BCUT2D eigenvalue weighted by atomic mass is 16.4. The lowest BCUT2D eigenvalue weighted by atomic mass is 9.96. The molecule has 0 bridgehead atoms. The second-order valence-electron chi connectivity index (χ2n) is 33.1. The number of carboxylic acids is 4. The fourth-order valence-corrected chi connectivity index (χ4v) is 13.0. The predicted octanol–water partition coefficient (Wildman–Crippen LogP) is -3.42. The summed E-state index contributed by atoms with van der Waals surface area (Å²) in [4.78, 5) is 256. The number of carboxylic acid groups (broad SMARTS) is 4. The number of aliphatic hydroxyl groups excluding tert-OH is 2. The number of hydrogen-bond acceptors (Lipinski definition) is 26. The van der Waals surface area contributed by atoms with Crippen molar-refractivity contribution in [3.8, 4) is 5.75 Å². The van der Waals surface area contributed by atoms with E-state index in [4.69, 9.17) is 28.7 Å². The number of amides is 14. The number of carbonyl (C=O) groups excluding carboxylic acids is 14. The van der Waals surface area contributed by atoms with E-state index < -0.39 is 272 Å². The number of unbranched alkanes of at least 4 members (excludes halogenated alkanes) is 5. The zero-order valence-corrected chi connectivity index (χ0v) is 77.3. The summed E-state index contributed by atoms with van der Waals surface area (Å²) in [6, 6.07) is -17.1. The van der Waals surface area contributed by atoms with E-state index >= 15 is 0 Å². The summed E-state index contributed by atoms with van der Waals surface area (Å²) in [6.45, 7) is 15.4. The van der Waals surface area contributed by atoms with E-state index in [9.17, 15) is 122 Å². The molecule has 0 heterocycles. The summed E-state index contributed by atoms with van der Waals surface area (Å²) < 4.78 is 0. The number of benzene rings is 1. The van der Waals surface area contributed by atoms with Crippen LogP contribution in [0.5, 0.6) is 5.75 Å². The molecule has 18 atom stereocenters. The van der Waals surface area contributed by atoms with Crippen LogP contribution in [0.2, 0.25) is 0 Å². The fourth-order valence-electron chi connectivity index (χ4n) is 13.0. The van der Waals surface area contributed by atoms with Crippen LogP contribution in [-0.2, 0) is 92.7 Å². The number of guanidine groups is 1. The highest BCUT2D eigenvalue weighted by Gasteiger charge is 2.40. The molecule has 0 aromatic heterocycles. The van der Waals surface area contributed by atoms with Gasteiger partial charge in [-0.2, -0.15) is 0 Å². The van der Waals surface area contributed by atoms with Crippen molar-refractivity contribution in [3.63, 3.8) is 0 Å². The summed E-state index contributed by atoms with van der Waals surface area (Å²) in [5.41, 5.74) is 28.9. The summed E-state index contributed by atoms with van der Waals surface area (Å²) in [5.74, 6) is -23.0. The van der Waals surface area contributed by atoms with Gasteiger partial charge >= 0.3 is 23.9 Å². The number of nitrogens with two attached hydrogens (primary N) is 5. The van der Waals surface area contributed by atoms with Gasteiger partial charge in [0.1, 0.15) is 84.3 Å². The summed E-state index contributed by atoms with van der Waals surface area (Å²) in [5, 5.41) is 105. The van der Waals surface area contributed by atoms with E-state index in [0.29, 0.717) is 31.2 Å². The SMILES string of the molecule is CCCCCC(O)/C=C/C=NCCCC[C@H](NC(=O)[C@H](CCCCN)NC(=O)[C@@H](NC(=O)CNC(=O)[C@H](C)N)[C@@H](C)CC)C(=O)N[C@@H](CCCCN)C(=O)N[C@H](C(=O)N[C@@H](CCC(=O)O)C(=O)N[C@@H](CCCN=C(N)N)C(=O)N[C@@H](CCC(=O)O)C(=O)N[C@@H](CC(=O)O)C(=O)N[C@@H](CC(C)C)C(=O)N[C@H](C(=O)N[C@@H](C)C(=O)N[C@@H](Cc1ccc(O)cc1)C(=O)O)[C@@H](C)CC)[C@@H](C)O. The normalized spacial score (nSPS) is 15.4. The molecule has 132 heavy (non-hydrogen) atoms. The molecular weight excluding hydrogens is 1730 g/mol. The van der Waals surface area contributed by atoms with Crippen molar-refractivity contribution in [3.05, 3.63) is 42.0 Å². The van der Waals surface area contributed by atoms with Crippen molar-refractivity contribution in [2.45, 2.75) is 320 Å². The molecular formula is C86H145N21O25. The number of aliphatic imine (C=N–C) groups is 2. The minimum Gasteiger partial charge on any atom is -0.508 e. The van der Waals surface area contributed by atoms with Crippen molar-refractivity contribution in [2.75, 3.05) is 32.7 Å². The maximum Gasteiger partial charge on any atom is 0.326 e. The molecule has 0 aliphatic rings. The molecule has 0 aliphatic carbocycles. The van der Waals surface area contributed by atoms with Crippen LogP contribution in [0.25, 0.3) is 0 Å². The van der Waals surface area contributed by atoms with Gasteiger partial charge in [0.25, 0.3) is 0 Å². The molecule has 1 aromatic rings. The Morgan fingerprint density at radius 3 is 1.26 bits per heavy atom. The molecule has 14 amide bonds. The van der Waals surface area contributed by atoms with E-state index in [0.717, 1.165) is 26.2 Å². The van der Waals surface area contributed by atoms with Crippen molar-refractivity contribution in [2.24, 2.45) is 56.4 Å². The van der Waals surface area contributed by atoms with Crippen LogP contribution in [-0.4, -0.2) is 284 Å². The molecule has 0 aliphatic heterocycles. The molecule has 0 radical (unpaired) electrons. The van der Waals surface area contributed by atoms with Gasteiger partial charge in [-0.15, -0.1) is 0 Å². The van der Waals surface area contributed by atoms with E-state index in [-0.39, 0.29) is 103 Å². The summed E-state index contributed by atoms with van der Waals surface area (Å²) in [6.07, 6.45) is 1.64. The first-order valence-electron chi connectivity index (χ1n) is 44.9. The van der Waals surface area contributed by atoms with Crippen LogP contribution in [0.15, 0.2) is 46.4 Å². The Labute approximate surface area is 769 Å². The zero-order chi connectivity index (χ0) is 99.9. The summed E-state index contributed by atoms with van der Waals surface area (Å²) >= 11 is 0. The number of hydrogen-bond donors (Lipinski definition) is 26. The second-order valence-corrected chi connectivity index (χ2v) is 33.1. The van der Waals surface area contributed by atoms with E-state index in [1.807, 2.05) is 6.92 Å². The van der Waals surface area contributed by atoms with Crippen LogP contribution in [0.3, 0.4) is 0 Å². The monoisotopic (exact) mass is 1870 g/mol. The Balaban J connectivity index is 3.91. The molecule has 46 heteroatoms. The molecule has 1 unspecified atom stereocenters. The first kappa shape index (κ1) is 118. The third-order valence-electron chi connectivity index (χ3n) is 21.2. The molecule has 0 saturated heterocycles. The second kappa shape index (κ2) is 64.7. The fraction of sp³-hybridized carbons (Fsp3) is 0.674. The quantitative estimate of drug-likeness (QED) is 0.0172. The molecule has 31 N–H and O–H groups in total. The van der Waals surface area contributed by atoms with Gasteiger partial charge in [0.2, 0.25) is 82.7 Å². The molecule has 1 rings (SSSR count). The number of nitrogens with zero attached hydrogens (tertiary/aromatic N) is 2. The number of phenolic OH excluding ortho intramolecular Hbond substituents is 1. The molecule has 0 spiro atoms. The minimum absolute atomic E-state index is 0.0288. The van der Waals surface area contributed by atoms with Crippen molar-refractivity contribution >= 4 is 119 Å². The highest BCUT2D eigenvalue weighted by molar-refractivity contribution is 6.01. The van der Waals surface area contributed by atoms with E-state index in [1.54, 1.807) is 53.7 Å². The van der Waals surface area contributed by atoms with Gasteiger partial charge in [0, 0.05) is 38.6 Å². The Kier molecular flexibility index (Phi) is 57.8. The Bertz CT molecular complexity index is 3980. The van der Waals surface area contributed by atoms with Gasteiger partial charge in [0.05, 0.1) is 31.2 Å². The van der Waals surface area contributed by atoms with Gasteiger partial charge in [0.15, 0.2) is 5.96 Å². The Hall–Kier alpha value is -12.0. The van der Waals surface area contributed by atoms with Crippen LogP contribution < -0.4 is 103 Å².